The summed E-state index contributed by atoms with van der Waals surface area (Å²) < 4.78 is 5.96. The van der Waals surface area contributed by atoms with Crippen LogP contribution in [0.4, 0.5) is 0 Å². The monoisotopic (exact) mass is 427 g/mol. The number of fused-ring (bicyclic) bond motifs is 1. The van der Waals surface area contributed by atoms with Gasteiger partial charge in [-0.1, -0.05) is 19.8 Å². The van der Waals surface area contributed by atoms with E-state index in [4.69, 9.17) is 9.84 Å². The SMILES string of the molecule is CCCSC1(SCCC)CCOc2ccc(C#Cc3ccc(C(=O)O)cn3)cc21. The van der Waals surface area contributed by atoms with Crippen LogP contribution in [0.5, 0.6) is 5.75 Å². The number of nitrogens with zero attached hydrogens (tertiary/aromatic N) is 1. The van der Waals surface area contributed by atoms with Gasteiger partial charge in [-0.05, 0) is 60.6 Å². The Labute approximate surface area is 180 Å². The maximum absolute atomic E-state index is 10.9. The summed E-state index contributed by atoms with van der Waals surface area (Å²) in [6, 6.07) is 9.30. The summed E-state index contributed by atoms with van der Waals surface area (Å²) in [4.78, 5) is 15.1. The molecular formula is C23H25NO3S2. The minimum atomic E-state index is -0.989. The highest BCUT2D eigenvalue weighted by atomic mass is 32.2. The third kappa shape index (κ3) is 5.29. The van der Waals surface area contributed by atoms with Crippen LogP contribution in [0.2, 0.25) is 0 Å². The molecule has 0 fully saturated rings. The van der Waals surface area contributed by atoms with E-state index >= 15 is 0 Å². The lowest BCUT2D eigenvalue weighted by Gasteiger charge is -2.38. The average Bonchev–Trinajstić information content (AvgIpc) is 2.75. The zero-order chi connectivity index (χ0) is 20.7. The number of benzene rings is 1. The van der Waals surface area contributed by atoms with E-state index in [1.807, 2.05) is 35.7 Å². The lowest BCUT2D eigenvalue weighted by atomic mass is 10.0. The van der Waals surface area contributed by atoms with E-state index < -0.39 is 5.97 Å². The number of carboxylic acids is 1. The Kier molecular flexibility index (Phi) is 7.51. The van der Waals surface area contributed by atoms with Gasteiger partial charge in [0.05, 0.1) is 16.2 Å². The van der Waals surface area contributed by atoms with Crippen molar-refractivity contribution in [3.05, 3.63) is 58.9 Å². The normalized spacial score (nSPS) is 14.3. The highest BCUT2D eigenvalue weighted by Gasteiger charge is 2.38. The molecule has 0 saturated carbocycles. The topological polar surface area (TPSA) is 59.4 Å². The van der Waals surface area contributed by atoms with Gasteiger partial charge in [-0.25, -0.2) is 9.78 Å². The van der Waals surface area contributed by atoms with Gasteiger partial charge in [0, 0.05) is 23.7 Å². The second kappa shape index (κ2) is 10.1. The summed E-state index contributed by atoms with van der Waals surface area (Å²) in [5, 5.41) is 8.98. The van der Waals surface area contributed by atoms with E-state index in [9.17, 15) is 4.79 Å². The molecule has 6 heteroatoms. The summed E-state index contributed by atoms with van der Waals surface area (Å²) in [5.41, 5.74) is 2.85. The van der Waals surface area contributed by atoms with E-state index in [0.717, 1.165) is 48.7 Å². The molecule has 0 atom stereocenters. The first-order valence-corrected chi connectivity index (χ1v) is 11.8. The molecule has 4 nitrogen and oxygen atoms in total. The second-order valence-electron chi connectivity index (χ2n) is 6.75. The molecule has 0 aliphatic carbocycles. The summed E-state index contributed by atoms with van der Waals surface area (Å²) in [7, 11) is 0. The first-order chi connectivity index (χ1) is 14.1. The van der Waals surface area contributed by atoms with E-state index in [2.05, 4.69) is 36.7 Å². The molecule has 0 spiro atoms. The fraction of sp³-hybridized carbons (Fsp3) is 0.391. The van der Waals surface area contributed by atoms with Gasteiger partial charge >= 0.3 is 5.97 Å². The fourth-order valence-corrected chi connectivity index (χ4v) is 6.05. The Morgan fingerprint density at radius 2 is 1.93 bits per heavy atom. The zero-order valence-corrected chi connectivity index (χ0v) is 18.4. The minimum Gasteiger partial charge on any atom is -0.493 e. The molecule has 2 aromatic rings. The van der Waals surface area contributed by atoms with E-state index in [0.29, 0.717) is 5.69 Å². The summed E-state index contributed by atoms with van der Waals surface area (Å²) >= 11 is 4.04. The summed E-state index contributed by atoms with van der Waals surface area (Å²) in [5.74, 6) is 8.42. The Morgan fingerprint density at radius 1 is 1.17 bits per heavy atom. The molecule has 1 aromatic heterocycles. The molecule has 0 saturated heterocycles. The van der Waals surface area contributed by atoms with Crippen LogP contribution in [-0.4, -0.2) is 34.2 Å². The van der Waals surface area contributed by atoms with Crippen LogP contribution in [0.15, 0.2) is 36.5 Å². The molecule has 0 radical (unpaired) electrons. The van der Waals surface area contributed by atoms with E-state index in [-0.39, 0.29) is 9.64 Å². The fourth-order valence-electron chi connectivity index (χ4n) is 3.07. The van der Waals surface area contributed by atoms with Crippen molar-refractivity contribution >= 4 is 29.5 Å². The molecular weight excluding hydrogens is 402 g/mol. The van der Waals surface area contributed by atoms with Crippen molar-refractivity contribution in [3.8, 4) is 17.6 Å². The highest BCUT2D eigenvalue weighted by molar-refractivity contribution is 8.17. The van der Waals surface area contributed by atoms with Crippen molar-refractivity contribution in [1.82, 2.24) is 4.98 Å². The number of carbonyl (C=O) groups is 1. The van der Waals surface area contributed by atoms with Crippen LogP contribution >= 0.6 is 23.5 Å². The predicted octanol–water partition coefficient (Wildman–Crippen LogP) is 5.40. The standard InChI is InChI=1S/C23H25NO3S2/c1-3-13-28-23(29-14-4-2)11-12-27-21-10-6-17(15-20(21)23)5-8-19-9-7-18(16-24-19)22(25)26/h6-7,9-10,15-16H,3-4,11-14H2,1-2H3,(H,25,26). The molecule has 0 unspecified atom stereocenters. The third-order valence-electron chi connectivity index (χ3n) is 4.50. The molecule has 1 aliphatic rings. The van der Waals surface area contributed by atoms with Crippen molar-refractivity contribution < 1.29 is 14.6 Å². The molecule has 1 aliphatic heterocycles. The number of ether oxygens (including phenoxy) is 1. The Hall–Kier alpha value is -2.10. The first kappa shape index (κ1) is 21.6. The number of aromatic carboxylic acids is 1. The van der Waals surface area contributed by atoms with E-state index in [1.54, 1.807) is 6.07 Å². The van der Waals surface area contributed by atoms with Crippen molar-refractivity contribution in [2.24, 2.45) is 0 Å². The van der Waals surface area contributed by atoms with Crippen molar-refractivity contribution in [2.45, 2.75) is 37.2 Å². The number of aromatic nitrogens is 1. The Balaban J connectivity index is 1.91. The zero-order valence-electron chi connectivity index (χ0n) is 16.7. The third-order valence-corrected chi connectivity index (χ3v) is 8.22. The number of hydrogen-bond acceptors (Lipinski definition) is 5. The Bertz CT molecular complexity index is 908. The van der Waals surface area contributed by atoms with Gasteiger partial charge in [0.25, 0.3) is 0 Å². The molecule has 29 heavy (non-hydrogen) atoms. The first-order valence-electron chi connectivity index (χ1n) is 9.84. The quantitative estimate of drug-likeness (QED) is 0.471. The van der Waals surface area contributed by atoms with Gasteiger partial charge in [0.15, 0.2) is 0 Å². The predicted molar refractivity (Wildman–Crippen MR) is 121 cm³/mol. The van der Waals surface area contributed by atoms with E-state index in [1.165, 1.54) is 17.8 Å². The maximum atomic E-state index is 10.9. The van der Waals surface area contributed by atoms with Crippen LogP contribution in [0.3, 0.4) is 0 Å². The van der Waals surface area contributed by atoms with Crippen molar-refractivity contribution in [1.29, 1.82) is 0 Å². The lowest BCUT2D eigenvalue weighted by molar-refractivity contribution is 0.0696. The number of thioether (sulfide) groups is 2. The minimum absolute atomic E-state index is 0.0126. The van der Waals surface area contributed by atoms with Crippen molar-refractivity contribution in [3.63, 3.8) is 0 Å². The molecule has 152 valence electrons. The largest absolute Gasteiger partial charge is 0.493 e. The van der Waals surface area contributed by atoms with Gasteiger partial charge in [-0.3, -0.25) is 0 Å². The molecule has 1 aromatic carbocycles. The van der Waals surface area contributed by atoms with Gasteiger partial charge in [-0.2, -0.15) is 0 Å². The summed E-state index contributed by atoms with van der Waals surface area (Å²) in [6.07, 6.45) is 4.62. The second-order valence-corrected chi connectivity index (χ2v) is 9.79. The molecule has 3 rings (SSSR count). The average molecular weight is 428 g/mol. The number of hydrogen-bond donors (Lipinski definition) is 1. The number of rotatable bonds is 7. The van der Waals surface area contributed by atoms with Crippen LogP contribution in [-0.2, 0) is 4.08 Å². The van der Waals surface area contributed by atoms with Gasteiger partial charge < -0.3 is 9.84 Å². The van der Waals surface area contributed by atoms with Crippen LogP contribution in [0.1, 0.15) is 60.3 Å². The maximum Gasteiger partial charge on any atom is 0.337 e. The smallest absolute Gasteiger partial charge is 0.337 e. The lowest BCUT2D eigenvalue weighted by Crippen LogP contribution is -2.28. The molecule has 2 heterocycles. The Morgan fingerprint density at radius 3 is 2.55 bits per heavy atom. The van der Waals surface area contributed by atoms with Gasteiger partial charge in [0.2, 0.25) is 0 Å². The van der Waals surface area contributed by atoms with Crippen LogP contribution in [0, 0.1) is 11.8 Å². The van der Waals surface area contributed by atoms with Gasteiger partial charge in [0.1, 0.15) is 11.4 Å². The van der Waals surface area contributed by atoms with Gasteiger partial charge in [-0.15, -0.1) is 23.5 Å². The molecule has 0 amide bonds. The van der Waals surface area contributed by atoms with Crippen molar-refractivity contribution in [2.75, 3.05) is 18.1 Å². The summed E-state index contributed by atoms with van der Waals surface area (Å²) in [6.45, 7) is 5.18. The molecule has 1 N–H and O–H groups in total. The highest BCUT2D eigenvalue weighted by Crippen LogP contribution is 2.54. The van der Waals surface area contributed by atoms with Crippen LogP contribution in [0.25, 0.3) is 0 Å². The number of carboxylic acid groups (broad SMARTS) is 1. The van der Waals surface area contributed by atoms with Crippen LogP contribution < -0.4 is 4.74 Å². The molecule has 0 bridgehead atoms. The number of pyridine rings is 1.